The standard InChI is InChI=1S/C11H15N2/c12-10-4-6-11(7-5-10)13-8-2-1-3-9-13/h4-7,12H,1-3,8-9H2/q+1. The smallest absolute Gasteiger partial charge is 0.200 e. The molecule has 1 heterocycles. The van der Waals surface area contributed by atoms with Crippen LogP contribution in [0.4, 0.5) is 0 Å². The van der Waals surface area contributed by atoms with Gasteiger partial charge in [-0.25, -0.2) is 4.58 Å². The first-order chi connectivity index (χ1) is 6.36. The summed E-state index contributed by atoms with van der Waals surface area (Å²) in [4.78, 5) is 0. The summed E-state index contributed by atoms with van der Waals surface area (Å²) in [6.07, 6.45) is 11.8. The van der Waals surface area contributed by atoms with Gasteiger partial charge in [0.1, 0.15) is 13.1 Å². The Balaban J connectivity index is 2.18. The van der Waals surface area contributed by atoms with E-state index in [-0.39, 0.29) is 0 Å². The molecule has 2 heteroatoms. The van der Waals surface area contributed by atoms with Crippen LogP contribution in [-0.4, -0.2) is 29.1 Å². The van der Waals surface area contributed by atoms with Crippen LogP contribution < -0.4 is 0 Å². The van der Waals surface area contributed by atoms with Crippen LogP contribution in [0.5, 0.6) is 0 Å². The Morgan fingerprint density at radius 2 is 1.54 bits per heavy atom. The average molecular weight is 175 g/mol. The van der Waals surface area contributed by atoms with E-state index < -0.39 is 0 Å². The molecule has 0 radical (unpaired) electrons. The van der Waals surface area contributed by atoms with E-state index in [1.54, 1.807) is 0 Å². The topological polar surface area (TPSA) is 26.9 Å². The van der Waals surface area contributed by atoms with E-state index in [1.807, 2.05) is 24.3 Å². The monoisotopic (exact) mass is 175 g/mol. The maximum absolute atomic E-state index is 7.39. The lowest BCUT2D eigenvalue weighted by molar-refractivity contribution is -0.535. The van der Waals surface area contributed by atoms with Crippen molar-refractivity contribution in [3.8, 4) is 0 Å². The highest BCUT2D eigenvalue weighted by Crippen LogP contribution is 2.06. The third-order valence-corrected chi connectivity index (χ3v) is 2.59. The second kappa shape index (κ2) is 3.69. The summed E-state index contributed by atoms with van der Waals surface area (Å²) in [7, 11) is 0. The number of nitrogens with one attached hydrogen (secondary N) is 1. The van der Waals surface area contributed by atoms with Gasteiger partial charge >= 0.3 is 0 Å². The van der Waals surface area contributed by atoms with Crippen molar-refractivity contribution in [1.82, 2.24) is 0 Å². The first-order valence-electron chi connectivity index (χ1n) is 4.93. The summed E-state index contributed by atoms with van der Waals surface area (Å²) in [6.45, 7) is 2.36. The minimum atomic E-state index is 0.598. The Kier molecular flexibility index (Phi) is 2.39. The van der Waals surface area contributed by atoms with Crippen molar-refractivity contribution >= 4 is 11.4 Å². The highest BCUT2D eigenvalue weighted by atomic mass is 15.0. The van der Waals surface area contributed by atoms with Crippen molar-refractivity contribution in [1.29, 1.82) is 5.41 Å². The van der Waals surface area contributed by atoms with Gasteiger partial charge in [-0.2, -0.15) is 0 Å². The van der Waals surface area contributed by atoms with Crippen molar-refractivity contribution in [2.45, 2.75) is 19.3 Å². The predicted octanol–water partition coefficient (Wildman–Crippen LogP) is 1.77. The molecule has 68 valence electrons. The fourth-order valence-electron chi connectivity index (χ4n) is 1.82. The Labute approximate surface area is 78.8 Å². The summed E-state index contributed by atoms with van der Waals surface area (Å²) < 4.78 is 2.41. The molecule has 0 saturated carbocycles. The van der Waals surface area contributed by atoms with Crippen molar-refractivity contribution in [3.63, 3.8) is 0 Å². The van der Waals surface area contributed by atoms with Gasteiger partial charge in [-0.3, -0.25) is 0 Å². The number of allylic oxidation sites excluding steroid dienone is 4. The van der Waals surface area contributed by atoms with Crippen LogP contribution in [0.3, 0.4) is 0 Å². The second-order valence-electron chi connectivity index (χ2n) is 3.59. The fourth-order valence-corrected chi connectivity index (χ4v) is 1.82. The summed E-state index contributed by atoms with van der Waals surface area (Å²) >= 11 is 0. The van der Waals surface area contributed by atoms with Crippen LogP contribution in [0.2, 0.25) is 0 Å². The fraction of sp³-hybridized carbons (Fsp3) is 0.455. The molecular formula is C11H15N2+. The number of rotatable bonds is 0. The van der Waals surface area contributed by atoms with Crippen molar-refractivity contribution in [3.05, 3.63) is 24.3 Å². The molecule has 0 aromatic heterocycles. The van der Waals surface area contributed by atoms with Crippen LogP contribution in [-0.2, 0) is 0 Å². The van der Waals surface area contributed by atoms with E-state index in [2.05, 4.69) is 4.58 Å². The number of nitrogens with zero attached hydrogens (tertiary/aromatic N) is 1. The molecule has 2 aliphatic rings. The quantitative estimate of drug-likeness (QED) is 0.429. The van der Waals surface area contributed by atoms with Gasteiger partial charge in [-0.1, -0.05) is 0 Å². The van der Waals surface area contributed by atoms with Crippen molar-refractivity contribution < 1.29 is 4.58 Å². The zero-order valence-corrected chi connectivity index (χ0v) is 7.79. The largest absolute Gasteiger partial charge is 0.301 e. The predicted molar refractivity (Wildman–Crippen MR) is 54.9 cm³/mol. The number of hydrogen-bond acceptors (Lipinski definition) is 1. The maximum Gasteiger partial charge on any atom is 0.200 e. The molecule has 1 saturated heterocycles. The van der Waals surface area contributed by atoms with Gasteiger partial charge in [-0.05, 0) is 18.6 Å². The van der Waals surface area contributed by atoms with Crippen LogP contribution in [0.1, 0.15) is 19.3 Å². The molecule has 0 spiro atoms. The number of hydrogen-bond donors (Lipinski definition) is 1. The van der Waals surface area contributed by atoms with Crippen LogP contribution in [0.15, 0.2) is 24.3 Å². The van der Waals surface area contributed by atoms with Gasteiger partial charge in [-0.15, -0.1) is 0 Å². The summed E-state index contributed by atoms with van der Waals surface area (Å²) in [6, 6.07) is 0. The molecule has 1 fully saturated rings. The normalized spacial score (nSPS) is 22.6. The molecule has 0 aromatic rings. The highest BCUT2D eigenvalue weighted by Gasteiger charge is 2.15. The lowest BCUT2D eigenvalue weighted by atomic mass is 10.1. The van der Waals surface area contributed by atoms with Gasteiger partial charge in [0.05, 0.1) is 5.71 Å². The third kappa shape index (κ3) is 1.94. The van der Waals surface area contributed by atoms with E-state index in [0.29, 0.717) is 5.71 Å². The lowest BCUT2D eigenvalue weighted by Gasteiger charge is -2.12. The second-order valence-corrected chi connectivity index (χ2v) is 3.59. The van der Waals surface area contributed by atoms with E-state index in [1.165, 1.54) is 38.1 Å². The molecule has 2 nitrogen and oxygen atoms in total. The maximum atomic E-state index is 7.39. The Hall–Kier alpha value is -1.18. The summed E-state index contributed by atoms with van der Waals surface area (Å²) in [5, 5.41) is 7.39. The molecule has 0 amide bonds. The Morgan fingerprint density at radius 1 is 0.923 bits per heavy atom. The van der Waals surface area contributed by atoms with E-state index >= 15 is 0 Å². The highest BCUT2D eigenvalue weighted by molar-refractivity contribution is 6.15. The molecule has 13 heavy (non-hydrogen) atoms. The lowest BCUT2D eigenvalue weighted by Crippen LogP contribution is -2.26. The van der Waals surface area contributed by atoms with Gasteiger partial charge in [0.15, 0.2) is 5.71 Å². The summed E-state index contributed by atoms with van der Waals surface area (Å²) in [5.74, 6) is 0. The molecule has 1 N–H and O–H groups in total. The van der Waals surface area contributed by atoms with Crippen molar-refractivity contribution in [2.75, 3.05) is 13.1 Å². The first-order valence-corrected chi connectivity index (χ1v) is 4.93. The van der Waals surface area contributed by atoms with Crippen LogP contribution in [0, 0.1) is 5.41 Å². The zero-order chi connectivity index (χ0) is 9.10. The molecule has 2 rings (SSSR count). The van der Waals surface area contributed by atoms with Crippen molar-refractivity contribution in [2.24, 2.45) is 0 Å². The van der Waals surface area contributed by atoms with E-state index in [9.17, 15) is 0 Å². The van der Waals surface area contributed by atoms with E-state index in [4.69, 9.17) is 5.41 Å². The van der Waals surface area contributed by atoms with Gasteiger partial charge in [0, 0.05) is 25.0 Å². The van der Waals surface area contributed by atoms with Gasteiger partial charge < -0.3 is 5.41 Å². The van der Waals surface area contributed by atoms with Crippen LogP contribution >= 0.6 is 0 Å². The average Bonchev–Trinajstić information content (AvgIpc) is 2.20. The number of piperidine rings is 1. The molecule has 1 aliphatic heterocycles. The molecule has 0 bridgehead atoms. The Bertz CT molecular complexity index is 282. The SMILES string of the molecule is N=C1C=CC(=[N+]2CCCCC2)C=C1. The van der Waals surface area contributed by atoms with Gasteiger partial charge in [0.2, 0.25) is 0 Å². The molecular weight excluding hydrogens is 160 g/mol. The minimum Gasteiger partial charge on any atom is -0.301 e. The molecule has 0 unspecified atom stereocenters. The Morgan fingerprint density at radius 3 is 2.15 bits per heavy atom. The first kappa shape index (κ1) is 8.42. The molecule has 1 aliphatic carbocycles. The van der Waals surface area contributed by atoms with E-state index in [0.717, 1.165) is 0 Å². The third-order valence-electron chi connectivity index (χ3n) is 2.59. The summed E-state index contributed by atoms with van der Waals surface area (Å²) in [5.41, 5.74) is 1.87. The molecule has 0 atom stereocenters. The molecule has 0 aromatic carbocycles. The van der Waals surface area contributed by atoms with Gasteiger partial charge in [0.25, 0.3) is 0 Å². The minimum absolute atomic E-state index is 0.598. The zero-order valence-electron chi connectivity index (χ0n) is 7.79. The van der Waals surface area contributed by atoms with Crippen LogP contribution in [0.25, 0.3) is 0 Å².